The fourth-order valence-corrected chi connectivity index (χ4v) is 3.23. The third-order valence-electron chi connectivity index (χ3n) is 4.41. The van der Waals surface area contributed by atoms with E-state index in [1.54, 1.807) is 42.9 Å². The molecular weight excluding hydrogens is 342 g/mol. The molecule has 2 aromatic heterocycles. The molecule has 0 saturated carbocycles. The van der Waals surface area contributed by atoms with Crippen LogP contribution in [0.5, 0.6) is 0 Å². The van der Waals surface area contributed by atoms with Crippen LogP contribution in [0.25, 0.3) is 11.5 Å². The molecule has 1 saturated heterocycles. The van der Waals surface area contributed by atoms with E-state index in [1.807, 2.05) is 4.90 Å². The van der Waals surface area contributed by atoms with E-state index in [1.165, 1.54) is 0 Å². The fraction of sp³-hybridized carbons (Fsp3) is 0.278. The molecule has 3 aromatic rings. The van der Waals surface area contributed by atoms with Crippen molar-refractivity contribution in [2.45, 2.75) is 18.8 Å². The van der Waals surface area contributed by atoms with Crippen LogP contribution in [0, 0.1) is 0 Å². The highest BCUT2D eigenvalue weighted by atomic mass is 35.5. The molecule has 0 spiro atoms. The number of amides is 1. The molecule has 25 heavy (non-hydrogen) atoms. The van der Waals surface area contributed by atoms with Crippen LogP contribution in [0.1, 0.15) is 35.0 Å². The van der Waals surface area contributed by atoms with Crippen molar-refractivity contribution in [3.63, 3.8) is 0 Å². The van der Waals surface area contributed by atoms with Gasteiger partial charge in [-0.1, -0.05) is 17.7 Å². The Labute approximate surface area is 149 Å². The minimum atomic E-state index is 0.00515. The van der Waals surface area contributed by atoms with E-state index in [0.29, 0.717) is 35.5 Å². The predicted octanol–water partition coefficient (Wildman–Crippen LogP) is 4.00. The molecule has 7 heteroatoms. The highest BCUT2D eigenvalue weighted by Gasteiger charge is 2.28. The van der Waals surface area contributed by atoms with Gasteiger partial charge < -0.3 is 13.7 Å². The van der Waals surface area contributed by atoms with Gasteiger partial charge in [0.05, 0.1) is 11.8 Å². The van der Waals surface area contributed by atoms with Gasteiger partial charge in [0, 0.05) is 29.6 Å². The molecule has 0 atom stereocenters. The Balaban J connectivity index is 1.41. The lowest BCUT2D eigenvalue weighted by Gasteiger charge is -2.30. The summed E-state index contributed by atoms with van der Waals surface area (Å²) in [6.07, 6.45) is 4.72. The molecule has 1 fully saturated rings. The molecule has 1 amide bonds. The van der Waals surface area contributed by atoms with Crippen LogP contribution in [0.4, 0.5) is 0 Å². The van der Waals surface area contributed by atoms with Gasteiger partial charge in [-0.2, -0.15) is 0 Å². The van der Waals surface area contributed by atoms with E-state index in [0.717, 1.165) is 18.4 Å². The first-order chi connectivity index (χ1) is 12.2. The molecule has 0 bridgehead atoms. The summed E-state index contributed by atoms with van der Waals surface area (Å²) in [5.74, 6) is 1.24. The summed E-state index contributed by atoms with van der Waals surface area (Å²) in [5.41, 5.74) is 1.39. The zero-order valence-corrected chi connectivity index (χ0v) is 14.1. The first kappa shape index (κ1) is 15.9. The molecule has 0 N–H and O–H groups in total. The van der Waals surface area contributed by atoms with E-state index in [2.05, 4.69) is 10.2 Å². The largest absolute Gasteiger partial charge is 0.472 e. The summed E-state index contributed by atoms with van der Waals surface area (Å²) in [5, 5.41) is 8.80. The van der Waals surface area contributed by atoms with E-state index in [-0.39, 0.29) is 11.8 Å². The maximum atomic E-state index is 12.6. The SMILES string of the molecule is O=C(c1cccc(Cl)c1)N1CCC(c2nnc(-c3ccoc3)o2)CC1. The van der Waals surface area contributed by atoms with Gasteiger partial charge >= 0.3 is 0 Å². The number of aromatic nitrogens is 2. The van der Waals surface area contributed by atoms with Gasteiger partial charge in [-0.15, -0.1) is 10.2 Å². The van der Waals surface area contributed by atoms with Crippen LogP contribution < -0.4 is 0 Å². The molecule has 128 valence electrons. The van der Waals surface area contributed by atoms with Gasteiger partial charge in [-0.05, 0) is 37.1 Å². The van der Waals surface area contributed by atoms with E-state index in [9.17, 15) is 4.79 Å². The third-order valence-corrected chi connectivity index (χ3v) is 4.65. The number of carbonyl (C=O) groups excluding carboxylic acids is 1. The lowest BCUT2D eigenvalue weighted by molar-refractivity contribution is 0.0706. The molecular formula is C18H16ClN3O3. The van der Waals surface area contributed by atoms with Crippen LogP contribution >= 0.6 is 11.6 Å². The maximum absolute atomic E-state index is 12.6. The molecule has 1 aliphatic rings. The van der Waals surface area contributed by atoms with Crippen molar-refractivity contribution in [2.24, 2.45) is 0 Å². The summed E-state index contributed by atoms with van der Waals surface area (Å²) < 4.78 is 10.8. The number of likely N-dealkylation sites (tertiary alicyclic amines) is 1. The fourth-order valence-electron chi connectivity index (χ4n) is 3.04. The average Bonchev–Trinajstić information content (AvgIpc) is 3.32. The summed E-state index contributed by atoms with van der Waals surface area (Å²) in [4.78, 5) is 14.4. The number of piperidine rings is 1. The molecule has 1 aromatic carbocycles. The Kier molecular flexibility index (Phi) is 4.28. The predicted molar refractivity (Wildman–Crippen MR) is 91.3 cm³/mol. The topological polar surface area (TPSA) is 72.4 Å². The van der Waals surface area contributed by atoms with Crippen LogP contribution in [0.3, 0.4) is 0 Å². The Morgan fingerprint density at radius 3 is 2.76 bits per heavy atom. The Hall–Kier alpha value is -2.60. The van der Waals surface area contributed by atoms with Gasteiger partial charge in [-0.25, -0.2) is 0 Å². The number of hydrogen-bond acceptors (Lipinski definition) is 5. The lowest BCUT2D eigenvalue weighted by Crippen LogP contribution is -2.38. The highest BCUT2D eigenvalue weighted by molar-refractivity contribution is 6.30. The van der Waals surface area contributed by atoms with Crippen molar-refractivity contribution in [3.05, 3.63) is 59.3 Å². The summed E-state index contributed by atoms with van der Waals surface area (Å²) in [6.45, 7) is 1.30. The van der Waals surface area contributed by atoms with Crippen LogP contribution in [0.2, 0.25) is 5.02 Å². The van der Waals surface area contributed by atoms with Gasteiger partial charge in [0.1, 0.15) is 6.26 Å². The summed E-state index contributed by atoms with van der Waals surface area (Å²) in [7, 11) is 0. The summed E-state index contributed by atoms with van der Waals surface area (Å²) in [6, 6.07) is 8.82. The quantitative estimate of drug-likeness (QED) is 0.708. The number of furan rings is 1. The molecule has 1 aliphatic heterocycles. The van der Waals surface area contributed by atoms with Crippen LogP contribution in [-0.2, 0) is 0 Å². The number of halogens is 1. The number of hydrogen-bond donors (Lipinski definition) is 0. The van der Waals surface area contributed by atoms with Crippen molar-refractivity contribution < 1.29 is 13.6 Å². The zero-order chi connectivity index (χ0) is 17.2. The van der Waals surface area contributed by atoms with Crippen molar-refractivity contribution in [1.29, 1.82) is 0 Å². The number of benzene rings is 1. The normalized spacial score (nSPS) is 15.5. The zero-order valence-electron chi connectivity index (χ0n) is 13.4. The molecule has 6 nitrogen and oxygen atoms in total. The second-order valence-electron chi connectivity index (χ2n) is 6.03. The number of nitrogens with zero attached hydrogens (tertiary/aromatic N) is 3. The second-order valence-corrected chi connectivity index (χ2v) is 6.47. The maximum Gasteiger partial charge on any atom is 0.253 e. The van der Waals surface area contributed by atoms with E-state index in [4.69, 9.17) is 20.4 Å². The average molecular weight is 358 g/mol. The van der Waals surface area contributed by atoms with E-state index >= 15 is 0 Å². The Morgan fingerprint density at radius 2 is 2.04 bits per heavy atom. The Morgan fingerprint density at radius 1 is 1.20 bits per heavy atom. The standard InChI is InChI=1S/C18H16ClN3O3/c19-15-3-1-2-13(10-15)18(23)22-7-4-12(5-8-22)16-20-21-17(25-16)14-6-9-24-11-14/h1-3,6,9-12H,4-5,7-8H2. The molecule has 0 aliphatic carbocycles. The molecule has 0 radical (unpaired) electrons. The Bertz CT molecular complexity index is 867. The van der Waals surface area contributed by atoms with Crippen molar-refractivity contribution in [1.82, 2.24) is 15.1 Å². The van der Waals surface area contributed by atoms with Crippen molar-refractivity contribution in [2.75, 3.05) is 13.1 Å². The van der Waals surface area contributed by atoms with Crippen molar-refractivity contribution >= 4 is 17.5 Å². The second kappa shape index (κ2) is 6.72. The molecule has 3 heterocycles. The minimum Gasteiger partial charge on any atom is -0.472 e. The number of rotatable bonds is 3. The smallest absolute Gasteiger partial charge is 0.253 e. The first-order valence-corrected chi connectivity index (χ1v) is 8.49. The van der Waals surface area contributed by atoms with Gasteiger partial charge in [0.25, 0.3) is 11.8 Å². The molecule has 0 unspecified atom stereocenters. The first-order valence-electron chi connectivity index (χ1n) is 8.11. The lowest BCUT2D eigenvalue weighted by atomic mass is 9.96. The minimum absolute atomic E-state index is 0.00515. The third kappa shape index (κ3) is 3.30. The highest BCUT2D eigenvalue weighted by Crippen LogP contribution is 2.30. The summed E-state index contributed by atoms with van der Waals surface area (Å²) >= 11 is 5.97. The van der Waals surface area contributed by atoms with Gasteiger partial charge in [-0.3, -0.25) is 4.79 Å². The molecule has 4 rings (SSSR count). The van der Waals surface area contributed by atoms with E-state index < -0.39 is 0 Å². The monoisotopic (exact) mass is 357 g/mol. The van der Waals surface area contributed by atoms with Gasteiger partial charge in [0.15, 0.2) is 0 Å². The van der Waals surface area contributed by atoms with Crippen LogP contribution in [-0.4, -0.2) is 34.1 Å². The number of carbonyl (C=O) groups is 1. The van der Waals surface area contributed by atoms with Gasteiger partial charge in [0.2, 0.25) is 5.89 Å². The van der Waals surface area contributed by atoms with Crippen LogP contribution in [0.15, 0.2) is 51.7 Å². The van der Waals surface area contributed by atoms with Crippen molar-refractivity contribution in [3.8, 4) is 11.5 Å².